The number of aromatic nitrogens is 1. The van der Waals surface area contributed by atoms with Crippen LogP contribution in [0.4, 0.5) is 0 Å². The Balaban J connectivity index is 0.00000126. The Kier molecular flexibility index (Phi) is 7.68. The summed E-state index contributed by atoms with van der Waals surface area (Å²) in [6.07, 6.45) is 4.31. The molecule has 140 valence electrons. The van der Waals surface area contributed by atoms with Crippen LogP contribution in [-0.2, 0) is 22.4 Å². The van der Waals surface area contributed by atoms with E-state index in [-0.39, 0.29) is 5.97 Å². The summed E-state index contributed by atoms with van der Waals surface area (Å²) in [5, 5.41) is 1.91. The lowest BCUT2D eigenvalue weighted by atomic mass is 9.99. The van der Waals surface area contributed by atoms with E-state index in [2.05, 4.69) is 11.1 Å². The second-order valence-corrected chi connectivity index (χ2v) is 5.89. The molecule has 1 aromatic heterocycles. The monoisotopic (exact) mass is 363 g/mol. The topological polar surface area (TPSA) is 56.3 Å². The predicted molar refractivity (Wildman–Crippen MR) is 108 cm³/mol. The Labute approximate surface area is 160 Å². The van der Waals surface area contributed by atoms with Gasteiger partial charge in [0.05, 0.1) is 12.8 Å². The van der Waals surface area contributed by atoms with Crippen LogP contribution in [0.25, 0.3) is 10.8 Å². The van der Waals surface area contributed by atoms with E-state index < -0.39 is 0 Å². The van der Waals surface area contributed by atoms with Crippen molar-refractivity contribution in [2.75, 3.05) is 7.11 Å². The molecular formula is C23H25NO3. The zero-order valence-corrected chi connectivity index (χ0v) is 16.1. The third kappa shape index (κ3) is 5.23. The van der Waals surface area contributed by atoms with Gasteiger partial charge in [0.1, 0.15) is 0 Å². The van der Waals surface area contributed by atoms with E-state index in [0.29, 0.717) is 24.8 Å². The van der Waals surface area contributed by atoms with Crippen molar-refractivity contribution in [3.05, 3.63) is 77.1 Å². The summed E-state index contributed by atoms with van der Waals surface area (Å²) in [5.41, 5.74) is 3.83. The van der Waals surface area contributed by atoms with Crippen molar-refractivity contribution >= 4 is 23.0 Å². The maximum Gasteiger partial charge on any atom is 0.305 e. The molecule has 4 heteroatoms. The molecular weight excluding hydrogens is 338 g/mol. The number of hydrogen-bond donors (Lipinski definition) is 0. The highest BCUT2D eigenvalue weighted by molar-refractivity contribution is 5.98. The quantitative estimate of drug-likeness (QED) is 0.468. The molecule has 0 aliphatic carbocycles. The molecule has 0 amide bonds. The summed E-state index contributed by atoms with van der Waals surface area (Å²) in [7, 11) is 1.40. The van der Waals surface area contributed by atoms with Crippen LogP contribution in [-0.4, -0.2) is 24.3 Å². The van der Waals surface area contributed by atoms with Crippen molar-refractivity contribution in [3.63, 3.8) is 0 Å². The molecule has 0 bridgehead atoms. The molecule has 0 N–H and O–H groups in total. The van der Waals surface area contributed by atoms with Crippen LogP contribution < -0.4 is 0 Å². The molecule has 0 aliphatic rings. The summed E-state index contributed by atoms with van der Waals surface area (Å²) in [5.74, 6) is -0.206. The fourth-order valence-electron chi connectivity index (χ4n) is 2.97. The average molecular weight is 363 g/mol. The van der Waals surface area contributed by atoms with Crippen molar-refractivity contribution in [2.24, 2.45) is 0 Å². The number of carbonyl (C=O) groups is 2. The smallest absolute Gasteiger partial charge is 0.305 e. The van der Waals surface area contributed by atoms with Crippen LogP contribution in [0.2, 0.25) is 0 Å². The number of rotatable bonds is 6. The van der Waals surface area contributed by atoms with Crippen molar-refractivity contribution in [1.29, 1.82) is 0 Å². The molecule has 0 spiro atoms. The minimum atomic E-state index is -0.206. The Morgan fingerprint density at radius 3 is 2.52 bits per heavy atom. The molecule has 2 aromatic carbocycles. The van der Waals surface area contributed by atoms with Gasteiger partial charge in [-0.15, -0.1) is 0 Å². The second kappa shape index (κ2) is 10.2. The van der Waals surface area contributed by atoms with Crippen molar-refractivity contribution < 1.29 is 14.3 Å². The number of aldehydes is 1. The molecule has 3 aromatic rings. The van der Waals surface area contributed by atoms with E-state index in [1.807, 2.05) is 56.3 Å². The van der Waals surface area contributed by atoms with Crippen LogP contribution in [0, 0.1) is 0 Å². The van der Waals surface area contributed by atoms with Crippen molar-refractivity contribution in [3.8, 4) is 0 Å². The van der Waals surface area contributed by atoms with Gasteiger partial charge in [0.25, 0.3) is 0 Å². The molecule has 0 radical (unpaired) electrons. The Morgan fingerprint density at radius 2 is 1.78 bits per heavy atom. The van der Waals surface area contributed by atoms with E-state index in [1.165, 1.54) is 7.11 Å². The summed E-state index contributed by atoms with van der Waals surface area (Å²) in [6.45, 7) is 4.00. The maximum atomic E-state index is 11.3. The van der Waals surface area contributed by atoms with Crippen LogP contribution in [0.1, 0.15) is 47.4 Å². The van der Waals surface area contributed by atoms with Crippen LogP contribution in [0.5, 0.6) is 0 Å². The molecule has 0 fully saturated rings. The first-order valence-corrected chi connectivity index (χ1v) is 9.17. The fraction of sp³-hybridized carbons (Fsp3) is 0.261. The van der Waals surface area contributed by atoms with Gasteiger partial charge in [0, 0.05) is 30.0 Å². The third-order valence-corrected chi connectivity index (χ3v) is 4.26. The van der Waals surface area contributed by atoms with E-state index in [1.54, 1.807) is 6.20 Å². The predicted octanol–water partition coefficient (Wildman–Crippen LogP) is 4.77. The first kappa shape index (κ1) is 20.3. The Morgan fingerprint density at radius 1 is 1.04 bits per heavy atom. The molecule has 0 unspecified atom stereocenters. The SMILES string of the molecule is CC.COC(=O)CCc1cccc(Cc2nccc3c(C=O)cccc23)c1. The zero-order chi connectivity index (χ0) is 19.6. The second-order valence-electron chi connectivity index (χ2n) is 5.89. The maximum absolute atomic E-state index is 11.3. The lowest BCUT2D eigenvalue weighted by molar-refractivity contribution is -0.140. The van der Waals surface area contributed by atoms with Crippen LogP contribution in [0.15, 0.2) is 54.7 Å². The Bertz CT molecular complexity index is 918. The molecule has 1 heterocycles. The van der Waals surface area contributed by atoms with Gasteiger partial charge in [-0.05, 0) is 29.0 Å². The molecule has 0 aliphatic heterocycles. The van der Waals surface area contributed by atoms with Gasteiger partial charge in [0.15, 0.2) is 6.29 Å². The first-order valence-electron chi connectivity index (χ1n) is 9.17. The standard InChI is InChI=1S/C21H19NO3.C2H6/c1-25-21(24)9-8-15-4-2-5-16(12-15)13-20-19-7-3-6-17(14-23)18(19)10-11-22-20;1-2/h2-7,10-12,14H,8-9,13H2,1H3;1-2H3. The molecule has 0 atom stereocenters. The highest BCUT2D eigenvalue weighted by Crippen LogP contribution is 2.22. The van der Waals surface area contributed by atoms with E-state index >= 15 is 0 Å². The molecule has 4 nitrogen and oxygen atoms in total. The summed E-state index contributed by atoms with van der Waals surface area (Å²) >= 11 is 0. The highest BCUT2D eigenvalue weighted by Gasteiger charge is 2.08. The number of esters is 1. The van der Waals surface area contributed by atoms with Gasteiger partial charge in [-0.1, -0.05) is 56.3 Å². The Hall–Kier alpha value is -3.01. The van der Waals surface area contributed by atoms with Gasteiger partial charge in [0.2, 0.25) is 0 Å². The summed E-state index contributed by atoms with van der Waals surface area (Å²) in [4.78, 5) is 27.0. The van der Waals surface area contributed by atoms with Crippen molar-refractivity contribution in [1.82, 2.24) is 4.98 Å². The molecule has 3 rings (SSSR count). The van der Waals surface area contributed by atoms with Gasteiger partial charge < -0.3 is 4.74 Å². The summed E-state index contributed by atoms with van der Waals surface area (Å²) in [6, 6.07) is 15.7. The van der Waals surface area contributed by atoms with Crippen molar-refractivity contribution in [2.45, 2.75) is 33.1 Å². The number of fused-ring (bicyclic) bond motifs is 1. The lowest BCUT2D eigenvalue weighted by Crippen LogP contribution is -2.02. The number of benzene rings is 2. The molecule has 0 saturated heterocycles. The van der Waals surface area contributed by atoms with Gasteiger partial charge >= 0.3 is 5.97 Å². The normalized spacial score (nSPS) is 10.0. The van der Waals surface area contributed by atoms with E-state index in [9.17, 15) is 9.59 Å². The highest BCUT2D eigenvalue weighted by atomic mass is 16.5. The zero-order valence-electron chi connectivity index (χ0n) is 16.1. The van der Waals surface area contributed by atoms with Gasteiger partial charge in [-0.3, -0.25) is 14.6 Å². The number of nitrogens with zero attached hydrogens (tertiary/aromatic N) is 1. The minimum absolute atomic E-state index is 0.206. The van der Waals surface area contributed by atoms with Gasteiger partial charge in [-0.25, -0.2) is 0 Å². The first-order chi connectivity index (χ1) is 13.2. The largest absolute Gasteiger partial charge is 0.469 e. The molecule has 0 saturated carbocycles. The lowest BCUT2D eigenvalue weighted by Gasteiger charge is -2.09. The average Bonchev–Trinajstić information content (AvgIpc) is 2.73. The minimum Gasteiger partial charge on any atom is -0.469 e. The van der Waals surface area contributed by atoms with Crippen LogP contribution >= 0.6 is 0 Å². The van der Waals surface area contributed by atoms with E-state index in [0.717, 1.165) is 33.9 Å². The number of pyridine rings is 1. The number of methoxy groups -OCH3 is 1. The number of aryl methyl sites for hydroxylation is 1. The van der Waals surface area contributed by atoms with Gasteiger partial charge in [-0.2, -0.15) is 0 Å². The number of hydrogen-bond acceptors (Lipinski definition) is 4. The fourth-order valence-corrected chi connectivity index (χ4v) is 2.97. The number of carbonyl (C=O) groups excluding carboxylic acids is 2. The third-order valence-electron chi connectivity index (χ3n) is 4.26. The molecule has 27 heavy (non-hydrogen) atoms. The van der Waals surface area contributed by atoms with Crippen LogP contribution in [0.3, 0.4) is 0 Å². The van der Waals surface area contributed by atoms with E-state index in [4.69, 9.17) is 4.74 Å². The number of ether oxygens (including phenoxy) is 1. The summed E-state index contributed by atoms with van der Waals surface area (Å²) < 4.78 is 4.69.